The van der Waals surface area contributed by atoms with Crippen LogP contribution in [0.1, 0.15) is 13.8 Å². The maximum absolute atomic E-state index is 13.0. The van der Waals surface area contributed by atoms with Gasteiger partial charge in [-0.05, 0) is 38.1 Å². The van der Waals surface area contributed by atoms with Gasteiger partial charge in [-0.15, -0.1) is 24.0 Å². The van der Waals surface area contributed by atoms with Crippen LogP contribution in [0.15, 0.2) is 29.3 Å². The lowest BCUT2D eigenvalue weighted by atomic mass is 9.93. The number of rotatable bonds is 4. The number of amides is 1. The molecule has 1 aromatic carbocycles. The number of anilines is 1. The first-order chi connectivity index (χ1) is 10.8. The highest BCUT2D eigenvalue weighted by atomic mass is 127. The Bertz CT molecular complexity index is 583. The molecule has 4 N–H and O–H groups in total. The molecule has 0 unspecified atom stereocenters. The highest BCUT2D eigenvalue weighted by Gasteiger charge is 2.25. The molecule has 0 spiro atoms. The van der Waals surface area contributed by atoms with E-state index in [1.807, 2.05) is 4.90 Å². The molecule has 1 fully saturated rings. The molecule has 0 atom stereocenters. The van der Waals surface area contributed by atoms with Crippen LogP contribution < -0.4 is 16.4 Å². The van der Waals surface area contributed by atoms with Crippen LogP contribution in [0.25, 0.3) is 0 Å². The first kappa shape index (κ1) is 20.5. The molecule has 0 saturated carbocycles. The molecule has 6 nitrogen and oxygen atoms in total. The van der Waals surface area contributed by atoms with E-state index in [1.54, 1.807) is 26.0 Å². The van der Waals surface area contributed by atoms with Crippen LogP contribution in [0.4, 0.5) is 10.1 Å². The van der Waals surface area contributed by atoms with Crippen molar-refractivity contribution in [2.24, 2.45) is 21.9 Å². The molecule has 1 saturated heterocycles. The second-order valence-corrected chi connectivity index (χ2v) is 6.37. The number of halogens is 2. The average molecular weight is 449 g/mol. The van der Waals surface area contributed by atoms with Crippen molar-refractivity contribution in [3.63, 3.8) is 0 Å². The SMILES string of the molecule is CC(C)(CN=C(N)N1CCN(c2ccc(F)cc2)CC1)C(N)=O.I. The van der Waals surface area contributed by atoms with Crippen LogP contribution in [0.2, 0.25) is 0 Å². The largest absolute Gasteiger partial charge is 0.370 e. The van der Waals surface area contributed by atoms with Crippen molar-refractivity contribution < 1.29 is 9.18 Å². The van der Waals surface area contributed by atoms with E-state index in [0.29, 0.717) is 5.96 Å². The third-order valence-electron chi connectivity index (χ3n) is 4.10. The predicted octanol–water partition coefficient (Wildman–Crippen LogP) is 1.39. The summed E-state index contributed by atoms with van der Waals surface area (Å²) < 4.78 is 13.0. The van der Waals surface area contributed by atoms with E-state index >= 15 is 0 Å². The van der Waals surface area contributed by atoms with Crippen molar-refractivity contribution in [1.82, 2.24) is 4.90 Å². The summed E-state index contributed by atoms with van der Waals surface area (Å²) in [6.45, 7) is 6.78. The second kappa shape index (κ2) is 8.50. The van der Waals surface area contributed by atoms with Gasteiger partial charge in [-0.25, -0.2) is 4.39 Å². The molecular weight excluding hydrogens is 424 g/mol. The topological polar surface area (TPSA) is 87.9 Å². The van der Waals surface area contributed by atoms with E-state index in [9.17, 15) is 9.18 Å². The molecule has 1 aromatic rings. The van der Waals surface area contributed by atoms with E-state index in [-0.39, 0.29) is 36.3 Å². The molecule has 0 radical (unpaired) electrons. The van der Waals surface area contributed by atoms with E-state index in [2.05, 4.69) is 9.89 Å². The van der Waals surface area contributed by atoms with Gasteiger partial charge in [-0.2, -0.15) is 0 Å². The van der Waals surface area contributed by atoms with E-state index in [1.165, 1.54) is 12.1 Å². The summed E-state index contributed by atoms with van der Waals surface area (Å²) >= 11 is 0. The highest BCUT2D eigenvalue weighted by molar-refractivity contribution is 14.0. The van der Waals surface area contributed by atoms with Crippen molar-refractivity contribution in [1.29, 1.82) is 0 Å². The highest BCUT2D eigenvalue weighted by Crippen LogP contribution is 2.17. The van der Waals surface area contributed by atoms with Crippen LogP contribution >= 0.6 is 24.0 Å². The molecule has 24 heavy (non-hydrogen) atoms. The quantitative estimate of drug-likeness (QED) is 0.413. The van der Waals surface area contributed by atoms with Gasteiger partial charge >= 0.3 is 0 Å². The average Bonchev–Trinajstić information content (AvgIpc) is 2.53. The number of hydrogen-bond donors (Lipinski definition) is 2. The number of carbonyl (C=O) groups excluding carboxylic acids is 1. The van der Waals surface area contributed by atoms with Crippen molar-refractivity contribution >= 4 is 41.5 Å². The lowest BCUT2D eigenvalue weighted by Crippen LogP contribution is -2.51. The molecule has 0 aliphatic carbocycles. The van der Waals surface area contributed by atoms with E-state index in [4.69, 9.17) is 11.5 Å². The lowest BCUT2D eigenvalue weighted by molar-refractivity contribution is -0.125. The van der Waals surface area contributed by atoms with Crippen molar-refractivity contribution in [2.75, 3.05) is 37.6 Å². The monoisotopic (exact) mass is 449 g/mol. The smallest absolute Gasteiger partial charge is 0.224 e. The zero-order chi connectivity index (χ0) is 17.0. The van der Waals surface area contributed by atoms with Gasteiger partial charge in [-0.3, -0.25) is 9.79 Å². The van der Waals surface area contributed by atoms with Gasteiger partial charge in [0.05, 0.1) is 12.0 Å². The maximum Gasteiger partial charge on any atom is 0.224 e. The Labute approximate surface area is 159 Å². The molecule has 134 valence electrons. The van der Waals surface area contributed by atoms with Gasteiger partial charge in [0.2, 0.25) is 5.91 Å². The minimum atomic E-state index is -0.708. The zero-order valence-electron chi connectivity index (χ0n) is 14.0. The van der Waals surface area contributed by atoms with Crippen LogP contribution in [0.5, 0.6) is 0 Å². The van der Waals surface area contributed by atoms with Gasteiger partial charge < -0.3 is 21.3 Å². The molecule has 2 rings (SSSR count). The summed E-state index contributed by atoms with van der Waals surface area (Å²) in [5, 5.41) is 0. The molecular formula is C16H25FIN5O. The summed E-state index contributed by atoms with van der Waals surface area (Å²) in [5.74, 6) is -0.200. The summed E-state index contributed by atoms with van der Waals surface area (Å²) in [6, 6.07) is 6.47. The number of piperazine rings is 1. The number of guanidine groups is 1. The molecule has 1 amide bonds. The van der Waals surface area contributed by atoms with E-state index in [0.717, 1.165) is 31.9 Å². The molecule has 0 aromatic heterocycles. The van der Waals surface area contributed by atoms with Crippen molar-refractivity contribution in [2.45, 2.75) is 13.8 Å². The van der Waals surface area contributed by atoms with Gasteiger partial charge in [0.15, 0.2) is 5.96 Å². The Morgan fingerprint density at radius 2 is 1.71 bits per heavy atom. The Kier molecular flexibility index (Phi) is 7.25. The Hall–Kier alpha value is -1.58. The number of benzene rings is 1. The van der Waals surface area contributed by atoms with Crippen LogP contribution in [-0.2, 0) is 4.79 Å². The predicted molar refractivity (Wildman–Crippen MR) is 105 cm³/mol. The van der Waals surface area contributed by atoms with Gasteiger partial charge in [-0.1, -0.05) is 0 Å². The Morgan fingerprint density at radius 1 is 1.17 bits per heavy atom. The van der Waals surface area contributed by atoms with Gasteiger partial charge in [0, 0.05) is 31.9 Å². The number of carbonyl (C=O) groups is 1. The third kappa shape index (κ3) is 5.22. The summed E-state index contributed by atoms with van der Waals surface area (Å²) in [6.07, 6.45) is 0. The number of nitrogens with two attached hydrogens (primary N) is 2. The van der Waals surface area contributed by atoms with Gasteiger partial charge in [0.1, 0.15) is 5.82 Å². The van der Waals surface area contributed by atoms with Crippen molar-refractivity contribution in [3.8, 4) is 0 Å². The van der Waals surface area contributed by atoms with Gasteiger partial charge in [0.25, 0.3) is 0 Å². The van der Waals surface area contributed by atoms with Crippen LogP contribution in [-0.4, -0.2) is 49.5 Å². The Balaban J connectivity index is 0.00000288. The summed E-state index contributed by atoms with van der Waals surface area (Å²) in [7, 11) is 0. The Morgan fingerprint density at radius 3 is 2.21 bits per heavy atom. The molecule has 8 heteroatoms. The minimum absolute atomic E-state index is 0. The number of hydrogen-bond acceptors (Lipinski definition) is 3. The lowest BCUT2D eigenvalue weighted by Gasteiger charge is -2.36. The fourth-order valence-corrected chi connectivity index (χ4v) is 2.30. The molecule has 1 heterocycles. The first-order valence-corrected chi connectivity index (χ1v) is 7.65. The zero-order valence-corrected chi connectivity index (χ0v) is 16.4. The normalized spacial score (nSPS) is 15.9. The number of nitrogens with zero attached hydrogens (tertiary/aromatic N) is 3. The molecule has 0 bridgehead atoms. The minimum Gasteiger partial charge on any atom is -0.370 e. The number of aliphatic imine (C=N–C) groups is 1. The number of primary amides is 1. The fraction of sp³-hybridized carbons (Fsp3) is 0.500. The third-order valence-corrected chi connectivity index (χ3v) is 4.10. The summed E-state index contributed by atoms with van der Waals surface area (Å²) in [5.41, 5.74) is 11.6. The first-order valence-electron chi connectivity index (χ1n) is 7.65. The second-order valence-electron chi connectivity index (χ2n) is 6.37. The molecule has 1 aliphatic rings. The maximum atomic E-state index is 13.0. The van der Waals surface area contributed by atoms with Crippen LogP contribution in [0.3, 0.4) is 0 Å². The summed E-state index contributed by atoms with van der Waals surface area (Å²) in [4.78, 5) is 19.8. The van der Waals surface area contributed by atoms with Crippen molar-refractivity contribution in [3.05, 3.63) is 30.1 Å². The van der Waals surface area contributed by atoms with E-state index < -0.39 is 11.3 Å². The van der Waals surface area contributed by atoms with Crippen LogP contribution in [0, 0.1) is 11.2 Å². The standard InChI is InChI=1S/C16H24FN5O.HI/c1-16(2,14(18)23)11-20-15(19)22-9-7-21(8-10-22)13-5-3-12(17)4-6-13;/h3-6H,7-11H2,1-2H3,(H2,18,23)(H2,19,20);1H. The molecule has 1 aliphatic heterocycles. The fourth-order valence-electron chi connectivity index (χ4n) is 2.30.